The summed E-state index contributed by atoms with van der Waals surface area (Å²) < 4.78 is 1.28. The number of aliphatic hydroxyl groups is 1. The zero-order chi connectivity index (χ0) is 12.8. The molecular weight excluding hydrogens is 244 g/mol. The van der Waals surface area contributed by atoms with Crippen LogP contribution in [0, 0.1) is 0 Å². The Kier molecular flexibility index (Phi) is 5.17. The summed E-state index contributed by atoms with van der Waals surface area (Å²) in [6.07, 6.45) is 0.735. The lowest BCUT2D eigenvalue weighted by Gasteiger charge is -2.07. The fraction of sp³-hybridized carbons (Fsp3) is 0.500. The van der Waals surface area contributed by atoms with Crippen LogP contribution in [0.25, 0.3) is 0 Å². The van der Waals surface area contributed by atoms with Crippen LogP contribution in [0.1, 0.15) is 12.8 Å². The molecule has 4 N–H and O–H groups in total. The van der Waals surface area contributed by atoms with Gasteiger partial charge in [-0.3, -0.25) is 9.36 Å². The number of aromatic hydroxyl groups is 2. The molecule has 1 rings (SSSR count). The first-order valence-corrected chi connectivity index (χ1v) is 5.69. The monoisotopic (exact) mass is 260 g/mol. The van der Waals surface area contributed by atoms with Crippen LogP contribution < -0.4 is 5.32 Å². The predicted molar refractivity (Wildman–Crippen MR) is 64.3 cm³/mol. The summed E-state index contributed by atoms with van der Waals surface area (Å²) in [5.41, 5.74) is 0. The highest BCUT2D eigenvalue weighted by molar-refractivity contribution is 7.80. The molecule has 0 aliphatic rings. The molecule has 0 aliphatic heterocycles. The molecule has 1 heterocycles. The van der Waals surface area contributed by atoms with Crippen LogP contribution in [0.5, 0.6) is 11.8 Å². The van der Waals surface area contributed by atoms with Crippen LogP contribution in [-0.2, 0) is 11.3 Å². The topological polar surface area (TPSA) is 94.7 Å². The van der Waals surface area contributed by atoms with Gasteiger partial charge >= 0.3 is 0 Å². The second kappa shape index (κ2) is 6.41. The van der Waals surface area contributed by atoms with E-state index in [0.717, 1.165) is 0 Å². The van der Waals surface area contributed by atoms with Crippen LogP contribution in [0.3, 0.4) is 0 Å². The molecule has 0 radical (unpaired) electrons. The Hall–Kier alpha value is -1.34. The van der Waals surface area contributed by atoms with Gasteiger partial charge in [-0.2, -0.15) is 0 Å². The van der Waals surface area contributed by atoms with Crippen molar-refractivity contribution >= 4 is 18.5 Å². The summed E-state index contributed by atoms with van der Waals surface area (Å²) in [5.74, 6) is -0.360. The number of rotatable bonds is 6. The number of nitrogens with one attached hydrogen (secondary N) is 1. The third-order valence-corrected chi connectivity index (χ3v) is 2.58. The maximum atomic E-state index is 11.2. The highest BCUT2D eigenvalue weighted by atomic mass is 32.1. The largest absolute Gasteiger partial charge is 0.494 e. The van der Waals surface area contributed by atoms with Gasteiger partial charge in [-0.1, -0.05) is 0 Å². The van der Waals surface area contributed by atoms with Crippen LogP contribution in [0.4, 0.5) is 0 Å². The molecule has 0 fully saturated rings. The minimum Gasteiger partial charge on any atom is -0.494 e. The molecule has 1 aromatic rings. The summed E-state index contributed by atoms with van der Waals surface area (Å²) in [4.78, 5) is 11.5. The summed E-state index contributed by atoms with van der Waals surface area (Å²) >= 11 is 3.96. The first-order chi connectivity index (χ1) is 8.06. The van der Waals surface area contributed by atoms with Gasteiger partial charge in [0.15, 0.2) is 5.88 Å². The Morgan fingerprint density at radius 1 is 1.47 bits per heavy atom. The standard InChI is InChI=1S/C10H16N2O4S/c13-5-3-11-8(14)2-1-4-12-9(15)6-7(17)10(12)16/h6,13,15-17H,1-5H2,(H,11,14). The lowest BCUT2D eigenvalue weighted by atomic mass is 10.3. The number of hydrogen-bond donors (Lipinski definition) is 5. The molecule has 6 nitrogen and oxygen atoms in total. The van der Waals surface area contributed by atoms with Gasteiger partial charge in [0.25, 0.3) is 0 Å². The molecule has 0 bridgehead atoms. The van der Waals surface area contributed by atoms with Crippen molar-refractivity contribution in [2.75, 3.05) is 13.2 Å². The van der Waals surface area contributed by atoms with Crippen LogP contribution in [0.15, 0.2) is 11.0 Å². The zero-order valence-electron chi connectivity index (χ0n) is 9.26. The van der Waals surface area contributed by atoms with Gasteiger partial charge in [0.1, 0.15) is 0 Å². The van der Waals surface area contributed by atoms with E-state index in [2.05, 4.69) is 17.9 Å². The smallest absolute Gasteiger partial charge is 0.220 e. The summed E-state index contributed by atoms with van der Waals surface area (Å²) in [5, 5.41) is 30.0. The van der Waals surface area contributed by atoms with Crippen molar-refractivity contribution in [2.45, 2.75) is 24.3 Å². The highest BCUT2D eigenvalue weighted by Gasteiger charge is 2.11. The van der Waals surface area contributed by atoms with E-state index in [4.69, 9.17) is 5.11 Å². The number of carbonyl (C=O) groups excluding carboxylic acids is 1. The number of nitrogens with zero attached hydrogens (tertiary/aromatic N) is 1. The average molecular weight is 260 g/mol. The average Bonchev–Trinajstić information content (AvgIpc) is 2.53. The van der Waals surface area contributed by atoms with E-state index < -0.39 is 0 Å². The van der Waals surface area contributed by atoms with E-state index in [1.54, 1.807) is 0 Å². The van der Waals surface area contributed by atoms with Gasteiger partial charge < -0.3 is 20.6 Å². The maximum Gasteiger partial charge on any atom is 0.220 e. The Labute approximate surface area is 104 Å². The molecule has 0 aromatic carbocycles. The third-order valence-electron chi connectivity index (χ3n) is 2.25. The second-order valence-corrected chi connectivity index (χ2v) is 4.02. The normalized spacial score (nSPS) is 10.5. The quantitative estimate of drug-likeness (QED) is 0.468. The van der Waals surface area contributed by atoms with Crippen molar-refractivity contribution in [1.82, 2.24) is 9.88 Å². The molecule has 0 unspecified atom stereocenters. The highest BCUT2D eigenvalue weighted by Crippen LogP contribution is 2.30. The first kappa shape index (κ1) is 13.7. The number of aliphatic hydroxyl groups excluding tert-OH is 1. The first-order valence-electron chi connectivity index (χ1n) is 5.24. The third kappa shape index (κ3) is 3.86. The fourth-order valence-corrected chi connectivity index (χ4v) is 1.65. The number of amides is 1. The van der Waals surface area contributed by atoms with Crippen molar-refractivity contribution in [3.63, 3.8) is 0 Å². The van der Waals surface area contributed by atoms with E-state index in [9.17, 15) is 15.0 Å². The molecule has 0 atom stereocenters. The number of aromatic nitrogens is 1. The van der Waals surface area contributed by atoms with Crippen LogP contribution >= 0.6 is 12.6 Å². The summed E-state index contributed by atoms with van der Waals surface area (Å²) in [6, 6.07) is 1.34. The van der Waals surface area contributed by atoms with Gasteiger partial charge in [0.05, 0.1) is 11.5 Å². The minimum absolute atomic E-state index is 0.0803. The molecule has 17 heavy (non-hydrogen) atoms. The van der Waals surface area contributed by atoms with Crippen LogP contribution in [0.2, 0.25) is 0 Å². The van der Waals surface area contributed by atoms with E-state index >= 15 is 0 Å². The molecule has 1 amide bonds. The number of hydrogen-bond acceptors (Lipinski definition) is 5. The van der Waals surface area contributed by atoms with Gasteiger partial charge in [-0.25, -0.2) is 0 Å². The molecule has 0 saturated carbocycles. The Bertz CT molecular complexity index is 392. The predicted octanol–water partition coefficient (Wildman–Crippen LogP) is 0.0767. The number of thiol groups is 1. The van der Waals surface area contributed by atoms with Gasteiger partial charge in [-0.05, 0) is 6.42 Å². The summed E-state index contributed by atoms with van der Waals surface area (Å²) in [6.45, 7) is 0.471. The van der Waals surface area contributed by atoms with E-state index in [1.807, 2.05) is 0 Å². The Balaban J connectivity index is 2.38. The van der Waals surface area contributed by atoms with Crippen molar-refractivity contribution < 1.29 is 20.1 Å². The lowest BCUT2D eigenvalue weighted by molar-refractivity contribution is -0.121. The second-order valence-electron chi connectivity index (χ2n) is 3.54. The Morgan fingerprint density at radius 3 is 2.71 bits per heavy atom. The molecule has 96 valence electrons. The van der Waals surface area contributed by atoms with Gasteiger partial charge in [-0.15, -0.1) is 12.6 Å². The van der Waals surface area contributed by atoms with Crippen molar-refractivity contribution in [3.8, 4) is 11.8 Å². The van der Waals surface area contributed by atoms with E-state index in [1.165, 1.54) is 10.6 Å². The lowest BCUT2D eigenvalue weighted by Crippen LogP contribution is -2.26. The maximum absolute atomic E-state index is 11.2. The molecule has 1 aromatic heterocycles. The van der Waals surface area contributed by atoms with Gasteiger partial charge in [0, 0.05) is 25.6 Å². The van der Waals surface area contributed by atoms with Crippen molar-refractivity contribution in [2.24, 2.45) is 0 Å². The van der Waals surface area contributed by atoms with Gasteiger partial charge in [0.2, 0.25) is 11.8 Å². The van der Waals surface area contributed by atoms with Crippen molar-refractivity contribution in [1.29, 1.82) is 0 Å². The zero-order valence-corrected chi connectivity index (χ0v) is 10.2. The molecule has 7 heteroatoms. The minimum atomic E-state index is -0.170. The molecule has 0 saturated heterocycles. The van der Waals surface area contributed by atoms with E-state index in [0.29, 0.717) is 17.9 Å². The molecule has 0 aliphatic carbocycles. The Morgan fingerprint density at radius 2 is 2.18 bits per heavy atom. The SMILES string of the molecule is O=C(CCCn1c(O)cc(S)c1O)NCCO. The van der Waals surface area contributed by atoms with Crippen LogP contribution in [-0.4, -0.2) is 38.9 Å². The summed E-state index contributed by atoms with van der Waals surface area (Å²) in [7, 11) is 0. The molecule has 0 spiro atoms. The van der Waals surface area contributed by atoms with Crippen molar-refractivity contribution in [3.05, 3.63) is 6.07 Å². The molecular formula is C10H16N2O4S. The number of carbonyl (C=O) groups is 1. The van der Waals surface area contributed by atoms with E-state index in [-0.39, 0.29) is 37.2 Å². The fourth-order valence-electron chi connectivity index (χ4n) is 1.41.